The molecule has 2 amide bonds. The lowest BCUT2D eigenvalue weighted by molar-refractivity contribution is -0.274. The van der Waals surface area contributed by atoms with Gasteiger partial charge in [-0.1, -0.05) is 48.0 Å². The zero-order valence-electron chi connectivity index (χ0n) is 23.7. The Kier molecular flexibility index (Phi) is 9.55. The van der Waals surface area contributed by atoms with E-state index < -0.39 is 12.5 Å². The molecular formula is C32H30ClF3N2O5S. The number of alkyl halides is 3. The summed E-state index contributed by atoms with van der Waals surface area (Å²) in [6.45, 7) is 0.569. The summed E-state index contributed by atoms with van der Waals surface area (Å²) in [7, 11) is 1.54. The molecule has 1 heterocycles. The van der Waals surface area contributed by atoms with Gasteiger partial charge in [-0.2, -0.15) is 0 Å². The third-order valence-corrected chi connectivity index (χ3v) is 9.49. The summed E-state index contributed by atoms with van der Waals surface area (Å²) in [6.07, 6.45) is -2.98. The number of carboxylic acid groups (broad SMARTS) is 1. The maximum Gasteiger partial charge on any atom is 0.573 e. The van der Waals surface area contributed by atoms with Crippen molar-refractivity contribution in [3.63, 3.8) is 0 Å². The molecule has 2 N–H and O–H groups in total. The number of amides is 2. The molecule has 4 aromatic rings. The van der Waals surface area contributed by atoms with Gasteiger partial charge in [0.05, 0.1) is 12.1 Å². The molecule has 44 heavy (non-hydrogen) atoms. The second-order valence-corrected chi connectivity index (χ2v) is 12.1. The minimum Gasteiger partial charge on any atom is -0.496 e. The number of carbonyl (C=O) groups is 2. The zero-order chi connectivity index (χ0) is 31.4. The van der Waals surface area contributed by atoms with E-state index in [1.165, 1.54) is 30.6 Å². The number of fused-ring (bicyclic) bond motifs is 1. The Balaban J connectivity index is 1.45. The molecule has 1 saturated carbocycles. The molecule has 5 rings (SSSR count). The first-order chi connectivity index (χ1) is 21.0. The monoisotopic (exact) mass is 646 g/mol. The Morgan fingerprint density at radius 2 is 1.70 bits per heavy atom. The highest BCUT2D eigenvalue weighted by atomic mass is 35.5. The Hall–Kier alpha value is -3.96. The molecule has 1 aliphatic carbocycles. The van der Waals surface area contributed by atoms with Gasteiger partial charge in [-0.05, 0) is 73.1 Å². The van der Waals surface area contributed by atoms with Gasteiger partial charge in [0.2, 0.25) is 0 Å². The topological polar surface area (TPSA) is 88.1 Å². The van der Waals surface area contributed by atoms with Crippen molar-refractivity contribution in [2.75, 3.05) is 13.7 Å². The number of ether oxygens (including phenoxy) is 2. The van der Waals surface area contributed by atoms with Crippen molar-refractivity contribution in [3.05, 3.63) is 82.2 Å². The van der Waals surface area contributed by atoms with Gasteiger partial charge in [0, 0.05) is 34.8 Å². The van der Waals surface area contributed by atoms with E-state index in [9.17, 15) is 22.8 Å². The third-order valence-electron chi connectivity index (χ3n) is 7.83. The highest BCUT2D eigenvalue weighted by Crippen LogP contribution is 2.39. The summed E-state index contributed by atoms with van der Waals surface area (Å²) >= 11 is 8.08. The van der Waals surface area contributed by atoms with Crippen LogP contribution in [0, 0.1) is 5.92 Å². The lowest BCUT2D eigenvalue weighted by atomic mass is 9.85. The molecule has 0 bridgehead atoms. The predicted molar refractivity (Wildman–Crippen MR) is 164 cm³/mol. The van der Waals surface area contributed by atoms with E-state index in [2.05, 4.69) is 10.1 Å². The summed E-state index contributed by atoms with van der Waals surface area (Å²) in [5.41, 5.74) is 2.12. The number of nitrogens with zero attached hydrogens (tertiary/aromatic N) is 1. The molecule has 1 fully saturated rings. The van der Waals surface area contributed by atoms with E-state index in [1.54, 1.807) is 24.3 Å². The van der Waals surface area contributed by atoms with Crippen LogP contribution >= 0.6 is 22.9 Å². The van der Waals surface area contributed by atoms with Crippen molar-refractivity contribution >= 4 is 45.0 Å². The third kappa shape index (κ3) is 7.39. The number of benzene rings is 3. The van der Waals surface area contributed by atoms with Crippen LogP contribution < -0.4 is 14.8 Å². The molecule has 7 nitrogen and oxygen atoms in total. The number of thiophene rings is 1. The number of rotatable bonds is 9. The Labute approximate surface area is 261 Å². The van der Waals surface area contributed by atoms with Crippen molar-refractivity contribution in [3.8, 4) is 22.6 Å². The fourth-order valence-electron chi connectivity index (χ4n) is 5.66. The molecule has 0 radical (unpaired) electrons. The maximum atomic E-state index is 14.3. The van der Waals surface area contributed by atoms with Crippen molar-refractivity contribution < 1.29 is 37.3 Å². The van der Waals surface area contributed by atoms with Gasteiger partial charge < -0.3 is 24.8 Å². The minimum absolute atomic E-state index is 0.128. The predicted octanol–water partition coefficient (Wildman–Crippen LogP) is 8.60. The van der Waals surface area contributed by atoms with Gasteiger partial charge in [0.15, 0.2) is 0 Å². The van der Waals surface area contributed by atoms with E-state index in [0.717, 1.165) is 34.1 Å². The Bertz CT molecular complexity index is 1640. The number of halogens is 4. The average molecular weight is 647 g/mol. The number of hydrogen-bond acceptors (Lipinski definition) is 5. The smallest absolute Gasteiger partial charge is 0.496 e. The molecule has 0 saturated heterocycles. The lowest BCUT2D eigenvalue weighted by Gasteiger charge is -2.37. The summed E-state index contributed by atoms with van der Waals surface area (Å²) in [6, 6.07) is 18.5. The van der Waals surface area contributed by atoms with E-state index in [-0.39, 0.29) is 30.2 Å². The molecule has 1 aromatic heterocycles. The van der Waals surface area contributed by atoms with Crippen LogP contribution in [0.15, 0.2) is 66.7 Å². The van der Waals surface area contributed by atoms with Crippen LogP contribution in [0.3, 0.4) is 0 Å². The van der Waals surface area contributed by atoms with Gasteiger partial charge in [0.1, 0.15) is 16.4 Å². The normalized spacial score (nSPS) is 16.8. The van der Waals surface area contributed by atoms with E-state index >= 15 is 0 Å². The Morgan fingerprint density at radius 3 is 2.34 bits per heavy atom. The second kappa shape index (κ2) is 13.4. The van der Waals surface area contributed by atoms with Crippen LogP contribution in [0.4, 0.5) is 18.0 Å². The van der Waals surface area contributed by atoms with Crippen LogP contribution in [0.25, 0.3) is 21.2 Å². The largest absolute Gasteiger partial charge is 0.573 e. The Morgan fingerprint density at radius 1 is 1.02 bits per heavy atom. The lowest BCUT2D eigenvalue weighted by Crippen LogP contribution is -2.43. The first-order valence-corrected chi connectivity index (χ1v) is 15.2. The van der Waals surface area contributed by atoms with Crippen molar-refractivity contribution in [2.24, 2.45) is 5.92 Å². The number of carbonyl (C=O) groups excluding carboxylic acids is 1. The minimum atomic E-state index is -4.78. The fraction of sp³-hybridized carbons (Fsp3) is 0.312. The molecular weight excluding hydrogens is 617 g/mol. The van der Waals surface area contributed by atoms with Gasteiger partial charge in [-0.25, -0.2) is 4.79 Å². The van der Waals surface area contributed by atoms with E-state index in [0.29, 0.717) is 40.6 Å². The van der Waals surface area contributed by atoms with E-state index in [4.69, 9.17) is 21.4 Å². The summed E-state index contributed by atoms with van der Waals surface area (Å²) < 4.78 is 48.5. The highest BCUT2D eigenvalue weighted by Gasteiger charge is 2.33. The maximum absolute atomic E-state index is 14.3. The average Bonchev–Trinajstić information content (AvgIpc) is 3.34. The second-order valence-electron chi connectivity index (χ2n) is 10.6. The molecule has 0 unspecified atom stereocenters. The first kappa shape index (κ1) is 31.5. The van der Waals surface area contributed by atoms with Crippen LogP contribution in [0.2, 0.25) is 5.02 Å². The number of methoxy groups -OCH3 is 1. The molecule has 1 aliphatic rings. The number of nitrogens with one attached hydrogen (secondary N) is 1. The standard InChI is InChI=1S/C32H30ClF3N2O5S/c1-42-26-15-10-21(20-8-13-24(14-9-20)43-32(34,35)36)16-22(26)18-38(23-11-6-19(7-12-23)17-37-31(40)41)30(39)29-28(33)25-4-2-3-5-27(25)44-29/h2-5,8-10,13-16,19,23,37H,6-7,11-12,17-18H2,1H3,(H,40,41). The van der Waals surface area contributed by atoms with Crippen LogP contribution in [0.5, 0.6) is 11.5 Å². The van der Waals surface area contributed by atoms with Crippen molar-refractivity contribution in [2.45, 2.75) is 44.6 Å². The molecule has 3 aromatic carbocycles. The molecule has 0 spiro atoms. The van der Waals surface area contributed by atoms with E-state index in [1.807, 2.05) is 35.2 Å². The molecule has 12 heteroatoms. The number of hydrogen-bond donors (Lipinski definition) is 2. The first-order valence-electron chi connectivity index (χ1n) is 14.0. The molecule has 0 aliphatic heterocycles. The van der Waals surface area contributed by atoms with Gasteiger partial charge >= 0.3 is 12.5 Å². The summed E-state index contributed by atoms with van der Waals surface area (Å²) in [5.74, 6) is 0.213. The molecule has 0 atom stereocenters. The summed E-state index contributed by atoms with van der Waals surface area (Å²) in [5, 5.41) is 12.7. The fourth-order valence-corrected chi connectivity index (χ4v) is 7.12. The van der Waals surface area contributed by atoms with Crippen LogP contribution in [0.1, 0.15) is 40.9 Å². The SMILES string of the molecule is COc1ccc(-c2ccc(OC(F)(F)F)cc2)cc1CN(C(=O)c1sc2ccccc2c1Cl)C1CCC(CNC(=O)O)CC1. The molecule has 232 valence electrons. The highest BCUT2D eigenvalue weighted by molar-refractivity contribution is 7.21. The van der Waals surface area contributed by atoms with Crippen LogP contribution in [-0.2, 0) is 6.54 Å². The van der Waals surface area contributed by atoms with Gasteiger partial charge in [-0.15, -0.1) is 24.5 Å². The quantitative estimate of drug-likeness (QED) is 0.190. The zero-order valence-corrected chi connectivity index (χ0v) is 25.3. The van der Waals surface area contributed by atoms with Crippen molar-refractivity contribution in [1.82, 2.24) is 10.2 Å². The van der Waals surface area contributed by atoms with Gasteiger partial charge in [-0.3, -0.25) is 4.79 Å². The van der Waals surface area contributed by atoms with Gasteiger partial charge in [0.25, 0.3) is 5.91 Å². The van der Waals surface area contributed by atoms with Crippen molar-refractivity contribution in [1.29, 1.82) is 0 Å². The summed E-state index contributed by atoms with van der Waals surface area (Å²) in [4.78, 5) is 27.5. The van der Waals surface area contributed by atoms with Crippen LogP contribution in [-0.4, -0.2) is 48.1 Å².